The van der Waals surface area contributed by atoms with E-state index in [4.69, 9.17) is 0 Å². The Morgan fingerprint density at radius 3 is 2.54 bits per heavy atom. The van der Waals surface area contributed by atoms with Crippen molar-refractivity contribution >= 4 is 17.5 Å². The molecule has 1 fully saturated rings. The smallest absolute Gasteiger partial charge is 0.270 e. The van der Waals surface area contributed by atoms with Crippen molar-refractivity contribution in [3.63, 3.8) is 0 Å². The fraction of sp³-hybridized carbons (Fsp3) is 0.294. The molecule has 7 heteroatoms. The van der Waals surface area contributed by atoms with Gasteiger partial charge in [0.15, 0.2) is 0 Å². The Morgan fingerprint density at radius 2 is 1.83 bits per heavy atom. The first kappa shape index (κ1) is 15.9. The summed E-state index contributed by atoms with van der Waals surface area (Å²) in [4.78, 5) is 29.1. The highest BCUT2D eigenvalue weighted by atomic mass is 16.1. The van der Waals surface area contributed by atoms with Crippen LogP contribution in [0, 0.1) is 0 Å². The van der Waals surface area contributed by atoms with Crippen LogP contribution in [0.2, 0.25) is 0 Å². The molecule has 0 spiro atoms. The average Bonchev–Trinajstić information content (AvgIpc) is 2.67. The van der Waals surface area contributed by atoms with Crippen LogP contribution in [-0.2, 0) is 0 Å². The molecule has 1 N–H and O–H groups in total. The molecule has 0 unspecified atom stereocenters. The first-order chi connectivity index (χ1) is 11.8. The van der Waals surface area contributed by atoms with Gasteiger partial charge in [-0.3, -0.25) is 9.78 Å². The zero-order valence-electron chi connectivity index (χ0n) is 13.4. The van der Waals surface area contributed by atoms with Gasteiger partial charge in [0.05, 0.1) is 0 Å². The van der Waals surface area contributed by atoms with E-state index < -0.39 is 0 Å². The fourth-order valence-electron chi connectivity index (χ4n) is 2.61. The quantitative estimate of drug-likeness (QED) is 0.831. The summed E-state index contributed by atoms with van der Waals surface area (Å²) in [5.41, 5.74) is 1.42. The van der Waals surface area contributed by atoms with Crippen molar-refractivity contribution < 1.29 is 4.79 Å². The monoisotopic (exact) mass is 324 g/mol. The van der Waals surface area contributed by atoms with Gasteiger partial charge in [-0.15, -0.1) is 6.58 Å². The van der Waals surface area contributed by atoms with E-state index in [1.807, 2.05) is 18.2 Å². The van der Waals surface area contributed by atoms with E-state index in [1.165, 1.54) is 0 Å². The molecule has 124 valence electrons. The number of carbonyl (C=O) groups is 1. The molecule has 2 aromatic heterocycles. The molecule has 3 heterocycles. The Balaban J connectivity index is 1.64. The van der Waals surface area contributed by atoms with Crippen LogP contribution in [0.15, 0.2) is 49.4 Å². The number of hydrogen-bond acceptors (Lipinski definition) is 6. The molecule has 0 radical (unpaired) electrons. The van der Waals surface area contributed by atoms with Crippen LogP contribution in [-0.4, -0.2) is 53.6 Å². The molecule has 7 nitrogen and oxygen atoms in total. The summed E-state index contributed by atoms with van der Waals surface area (Å²) in [6.45, 7) is 7.38. The lowest BCUT2D eigenvalue weighted by Gasteiger charge is -2.36. The molecule has 3 rings (SSSR count). The molecule has 1 saturated heterocycles. The first-order valence-electron chi connectivity index (χ1n) is 7.90. The van der Waals surface area contributed by atoms with Gasteiger partial charge in [0.1, 0.15) is 5.69 Å². The number of amides is 1. The Hall–Kier alpha value is -2.96. The Labute approximate surface area is 141 Å². The van der Waals surface area contributed by atoms with Crippen LogP contribution in [0.4, 0.5) is 11.6 Å². The van der Waals surface area contributed by atoms with E-state index in [0.29, 0.717) is 12.2 Å². The SMILES string of the molecule is C=CCNC(=O)c1cc(N2CCN(c3ncccn3)CC2)ccn1. The topological polar surface area (TPSA) is 74.2 Å². The number of nitrogens with one attached hydrogen (secondary N) is 1. The lowest BCUT2D eigenvalue weighted by atomic mass is 10.2. The van der Waals surface area contributed by atoms with Gasteiger partial charge in [-0.2, -0.15) is 0 Å². The second-order valence-electron chi connectivity index (χ2n) is 5.42. The lowest BCUT2D eigenvalue weighted by Crippen LogP contribution is -2.47. The van der Waals surface area contributed by atoms with Crippen LogP contribution < -0.4 is 15.1 Å². The molecule has 0 bridgehead atoms. The van der Waals surface area contributed by atoms with E-state index in [1.54, 1.807) is 24.7 Å². The number of nitrogens with zero attached hydrogens (tertiary/aromatic N) is 5. The highest BCUT2D eigenvalue weighted by Crippen LogP contribution is 2.18. The van der Waals surface area contributed by atoms with Crippen LogP contribution in [0.3, 0.4) is 0 Å². The van der Waals surface area contributed by atoms with Gasteiger partial charge in [-0.05, 0) is 18.2 Å². The standard InChI is InChI=1S/C17H20N6O/c1-2-5-19-16(24)15-13-14(4-8-18-15)22-9-11-23(12-10-22)17-20-6-3-7-21-17/h2-4,6-8,13H,1,5,9-12H2,(H,19,24). The van der Waals surface area contributed by atoms with Crippen LogP contribution in [0.25, 0.3) is 0 Å². The minimum absolute atomic E-state index is 0.187. The zero-order chi connectivity index (χ0) is 16.8. The van der Waals surface area contributed by atoms with Gasteiger partial charge >= 0.3 is 0 Å². The summed E-state index contributed by atoms with van der Waals surface area (Å²) in [7, 11) is 0. The highest BCUT2D eigenvalue weighted by molar-refractivity contribution is 5.93. The van der Waals surface area contributed by atoms with Gasteiger partial charge < -0.3 is 15.1 Å². The summed E-state index contributed by atoms with van der Waals surface area (Å²) in [6, 6.07) is 5.57. The summed E-state index contributed by atoms with van der Waals surface area (Å²) < 4.78 is 0. The van der Waals surface area contributed by atoms with E-state index in [-0.39, 0.29) is 5.91 Å². The molecule has 1 amide bonds. The van der Waals surface area contributed by atoms with Crippen LogP contribution in [0.1, 0.15) is 10.5 Å². The average molecular weight is 324 g/mol. The summed E-state index contributed by atoms with van der Waals surface area (Å²) >= 11 is 0. The maximum absolute atomic E-state index is 12.0. The van der Waals surface area contributed by atoms with Gasteiger partial charge in [0.2, 0.25) is 5.95 Å². The molecule has 24 heavy (non-hydrogen) atoms. The molecule has 0 atom stereocenters. The van der Waals surface area contributed by atoms with Crippen molar-refractivity contribution in [2.45, 2.75) is 0 Å². The van der Waals surface area contributed by atoms with Crippen LogP contribution in [0.5, 0.6) is 0 Å². The second kappa shape index (κ2) is 7.54. The number of anilines is 2. The van der Waals surface area contributed by atoms with Crippen molar-refractivity contribution in [2.75, 3.05) is 42.5 Å². The zero-order valence-corrected chi connectivity index (χ0v) is 13.4. The maximum atomic E-state index is 12.0. The van der Waals surface area contributed by atoms with Crippen LogP contribution >= 0.6 is 0 Å². The fourth-order valence-corrected chi connectivity index (χ4v) is 2.61. The van der Waals surface area contributed by atoms with Crippen molar-refractivity contribution in [1.82, 2.24) is 20.3 Å². The maximum Gasteiger partial charge on any atom is 0.270 e. The van der Waals surface area contributed by atoms with E-state index in [9.17, 15) is 4.79 Å². The van der Waals surface area contributed by atoms with Crippen molar-refractivity contribution in [2.24, 2.45) is 0 Å². The normalized spacial score (nSPS) is 14.3. The summed E-state index contributed by atoms with van der Waals surface area (Å²) in [5.74, 6) is 0.574. The predicted octanol–water partition coefficient (Wildman–Crippen LogP) is 1.11. The van der Waals surface area contributed by atoms with Crippen molar-refractivity contribution in [3.8, 4) is 0 Å². The van der Waals surface area contributed by atoms with Gasteiger partial charge in [0, 0.05) is 57.0 Å². The number of pyridine rings is 1. The van der Waals surface area contributed by atoms with Gasteiger partial charge in [0.25, 0.3) is 5.91 Å². The molecule has 0 aromatic carbocycles. The Kier molecular flexibility index (Phi) is 5.00. The number of carbonyl (C=O) groups excluding carboxylic acids is 1. The number of aromatic nitrogens is 3. The number of rotatable bonds is 5. The molecule has 1 aliphatic rings. The lowest BCUT2D eigenvalue weighted by molar-refractivity contribution is 0.0953. The first-order valence-corrected chi connectivity index (χ1v) is 7.90. The Bertz CT molecular complexity index is 697. The van der Waals surface area contributed by atoms with Gasteiger partial charge in [-0.1, -0.05) is 6.08 Å². The van der Waals surface area contributed by atoms with Crippen molar-refractivity contribution in [3.05, 3.63) is 55.1 Å². The molecule has 1 aliphatic heterocycles. The predicted molar refractivity (Wildman–Crippen MR) is 93.2 cm³/mol. The van der Waals surface area contributed by atoms with E-state index in [0.717, 1.165) is 37.8 Å². The summed E-state index contributed by atoms with van der Waals surface area (Å²) in [6.07, 6.45) is 6.83. The van der Waals surface area contributed by atoms with Gasteiger partial charge in [-0.25, -0.2) is 9.97 Å². The molecular formula is C17H20N6O. The molecule has 0 aliphatic carbocycles. The molecule has 2 aromatic rings. The largest absolute Gasteiger partial charge is 0.368 e. The summed E-state index contributed by atoms with van der Waals surface area (Å²) in [5, 5.41) is 2.74. The second-order valence-corrected chi connectivity index (χ2v) is 5.42. The van der Waals surface area contributed by atoms with Crippen molar-refractivity contribution in [1.29, 1.82) is 0 Å². The third-order valence-electron chi connectivity index (χ3n) is 3.86. The minimum atomic E-state index is -0.187. The minimum Gasteiger partial charge on any atom is -0.368 e. The number of piperazine rings is 1. The highest BCUT2D eigenvalue weighted by Gasteiger charge is 2.19. The van der Waals surface area contributed by atoms with E-state index in [2.05, 4.69) is 36.6 Å². The van der Waals surface area contributed by atoms with E-state index >= 15 is 0 Å². The third kappa shape index (κ3) is 3.68. The molecule has 0 saturated carbocycles. The Morgan fingerprint density at radius 1 is 1.12 bits per heavy atom. The third-order valence-corrected chi connectivity index (χ3v) is 3.86. The molecular weight excluding hydrogens is 304 g/mol. The number of hydrogen-bond donors (Lipinski definition) is 1.